The van der Waals surface area contributed by atoms with Crippen LogP contribution in [0.5, 0.6) is 11.5 Å². The largest absolute Gasteiger partial charge is 0.493 e. The molecule has 3 nitrogen and oxygen atoms in total. The molecule has 4 heteroatoms. The Balaban J connectivity index is 2.34. The fraction of sp³-hybridized carbons (Fsp3) is 0.533. The molecule has 0 radical (unpaired) electrons. The summed E-state index contributed by atoms with van der Waals surface area (Å²) < 4.78 is 12.4. The fourth-order valence-corrected chi connectivity index (χ4v) is 2.91. The molecule has 0 unspecified atom stereocenters. The zero-order valence-corrected chi connectivity index (χ0v) is 13.0. The lowest BCUT2D eigenvalue weighted by molar-refractivity contribution is -0.116. The number of Topliss-reactive ketones (excluding diaryl/α,β-unsaturated/α-hetero) is 1. The van der Waals surface area contributed by atoms with Gasteiger partial charge in [0.25, 0.3) is 0 Å². The third-order valence-corrected chi connectivity index (χ3v) is 4.14. The van der Waals surface area contributed by atoms with Gasteiger partial charge >= 0.3 is 0 Å². The van der Waals surface area contributed by atoms with E-state index in [4.69, 9.17) is 9.47 Å². The van der Waals surface area contributed by atoms with Crippen molar-refractivity contribution in [2.24, 2.45) is 0 Å². The van der Waals surface area contributed by atoms with E-state index in [9.17, 15) is 4.79 Å². The first-order valence-electron chi connectivity index (χ1n) is 6.63. The third-order valence-electron chi connectivity index (χ3n) is 3.40. The molecule has 0 bridgehead atoms. The Hall–Kier alpha value is -1.03. The molecule has 104 valence electrons. The van der Waals surface area contributed by atoms with Crippen LogP contribution in [-0.4, -0.2) is 19.0 Å². The predicted molar refractivity (Wildman–Crippen MR) is 78.0 cm³/mol. The monoisotopic (exact) mass is 326 g/mol. The number of ketones is 1. The van der Waals surface area contributed by atoms with Gasteiger partial charge in [-0.05, 0) is 44.7 Å². The number of hydrogen-bond donors (Lipinski definition) is 0. The van der Waals surface area contributed by atoms with Crippen molar-refractivity contribution in [3.05, 3.63) is 22.2 Å². The predicted octanol–water partition coefficient (Wildman–Crippen LogP) is 3.91. The van der Waals surface area contributed by atoms with E-state index >= 15 is 0 Å². The van der Waals surface area contributed by atoms with Crippen molar-refractivity contribution in [2.45, 2.75) is 45.1 Å². The van der Waals surface area contributed by atoms with Crippen molar-refractivity contribution in [1.82, 2.24) is 0 Å². The van der Waals surface area contributed by atoms with Gasteiger partial charge < -0.3 is 9.47 Å². The van der Waals surface area contributed by atoms with Crippen molar-refractivity contribution in [2.75, 3.05) is 7.11 Å². The molecule has 19 heavy (non-hydrogen) atoms. The number of ether oxygens (including phenoxy) is 2. The van der Waals surface area contributed by atoms with E-state index in [-0.39, 0.29) is 11.9 Å². The third kappa shape index (κ3) is 3.50. The first-order chi connectivity index (χ1) is 9.11. The Morgan fingerprint density at radius 3 is 2.63 bits per heavy atom. The number of carbonyl (C=O) groups is 1. The minimum Gasteiger partial charge on any atom is -0.493 e. The molecule has 0 saturated heterocycles. The molecule has 0 aliphatic heterocycles. The molecular formula is C15H19BrO3. The van der Waals surface area contributed by atoms with Crippen molar-refractivity contribution < 1.29 is 14.3 Å². The summed E-state index contributed by atoms with van der Waals surface area (Å²) in [5, 5.41) is 0. The highest BCUT2D eigenvalue weighted by Crippen LogP contribution is 2.39. The Bertz CT molecular complexity index is 465. The van der Waals surface area contributed by atoms with Gasteiger partial charge in [-0.2, -0.15) is 0 Å². The van der Waals surface area contributed by atoms with Crippen LogP contribution in [-0.2, 0) is 11.2 Å². The molecule has 1 aromatic rings. The van der Waals surface area contributed by atoms with E-state index in [1.54, 1.807) is 14.0 Å². The summed E-state index contributed by atoms with van der Waals surface area (Å²) in [4.78, 5) is 11.4. The molecule has 0 aromatic heterocycles. The standard InChI is InChI=1S/C15H19BrO3/c1-10(17)9-12-13(16)7-8-14(18-2)15(12)19-11-5-3-4-6-11/h7-8,11H,3-6,9H2,1-2H3. The van der Waals surface area contributed by atoms with E-state index in [1.807, 2.05) is 12.1 Å². The molecule has 0 heterocycles. The van der Waals surface area contributed by atoms with Gasteiger partial charge in [-0.15, -0.1) is 0 Å². The minimum atomic E-state index is 0.116. The van der Waals surface area contributed by atoms with E-state index in [0.717, 1.165) is 28.6 Å². The summed E-state index contributed by atoms with van der Waals surface area (Å²) in [6.45, 7) is 1.59. The molecular weight excluding hydrogens is 308 g/mol. The zero-order valence-electron chi connectivity index (χ0n) is 11.4. The highest BCUT2D eigenvalue weighted by molar-refractivity contribution is 9.10. The molecule has 1 saturated carbocycles. The minimum absolute atomic E-state index is 0.116. The average molecular weight is 327 g/mol. The van der Waals surface area contributed by atoms with Crippen molar-refractivity contribution in [3.63, 3.8) is 0 Å². The summed E-state index contributed by atoms with van der Waals surface area (Å²) in [5.41, 5.74) is 0.888. The van der Waals surface area contributed by atoms with Gasteiger partial charge in [-0.25, -0.2) is 0 Å². The van der Waals surface area contributed by atoms with Gasteiger partial charge in [0.05, 0.1) is 13.2 Å². The van der Waals surface area contributed by atoms with Crippen LogP contribution in [0.3, 0.4) is 0 Å². The normalized spacial score (nSPS) is 15.5. The number of hydrogen-bond acceptors (Lipinski definition) is 3. The van der Waals surface area contributed by atoms with Crippen LogP contribution in [0.1, 0.15) is 38.2 Å². The summed E-state index contributed by atoms with van der Waals surface area (Å²) in [7, 11) is 1.63. The van der Waals surface area contributed by atoms with Crippen LogP contribution in [0.4, 0.5) is 0 Å². The van der Waals surface area contributed by atoms with E-state index in [1.165, 1.54) is 12.8 Å². The van der Waals surface area contributed by atoms with Crippen molar-refractivity contribution >= 4 is 21.7 Å². The smallest absolute Gasteiger partial charge is 0.166 e. The lowest BCUT2D eigenvalue weighted by Crippen LogP contribution is -2.14. The van der Waals surface area contributed by atoms with Crippen molar-refractivity contribution in [1.29, 1.82) is 0 Å². The van der Waals surface area contributed by atoms with Gasteiger partial charge in [0, 0.05) is 16.5 Å². The second-order valence-corrected chi connectivity index (χ2v) is 5.81. The second-order valence-electron chi connectivity index (χ2n) is 4.96. The lowest BCUT2D eigenvalue weighted by Gasteiger charge is -2.19. The van der Waals surface area contributed by atoms with Gasteiger partial charge in [0.15, 0.2) is 11.5 Å². The molecule has 2 rings (SSSR count). The molecule has 0 spiro atoms. The summed E-state index contributed by atoms with van der Waals surface area (Å²) in [6.07, 6.45) is 5.19. The summed E-state index contributed by atoms with van der Waals surface area (Å²) in [5.74, 6) is 1.54. The number of halogens is 1. The van der Waals surface area contributed by atoms with Crippen LogP contribution >= 0.6 is 15.9 Å². The van der Waals surface area contributed by atoms with Crippen LogP contribution in [0.2, 0.25) is 0 Å². The van der Waals surface area contributed by atoms with Gasteiger partial charge in [0.1, 0.15) is 5.78 Å². The molecule has 0 N–H and O–H groups in total. The Labute approximate surface area is 122 Å². The molecule has 1 fully saturated rings. The average Bonchev–Trinajstić information content (AvgIpc) is 2.86. The topological polar surface area (TPSA) is 35.5 Å². The number of rotatable bonds is 5. The van der Waals surface area contributed by atoms with Gasteiger partial charge in [-0.1, -0.05) is 15.9 Å². The van der Waals surface area contributed by atoms with Crippen molar-refractivity contribution in [3.8, 4) is 11.5 Å². The van der Waals surface area contributed by atoms with Crippen LogP contribution in [0.15, 0.2) is 16.6 Å². The van der Waals surface area contributed by atoms with Crippen LogP contribution in [0, 0.1) is 0 Å². The second kappa shape index (κ2) is 6.42. The lowest BCUT2D eigenvalue weighted by atomic mass is 10.1. The Kier molecular flexibility index (Phi) is 4.86. The first-order valence-corrected chi connectivity index (χ1v) is 7.42. The quantitative estimate of drug-likeness (QED) is 0.822. The summed E-state index contributed by atoms with van der Waals surface area (Å²) >= 11 is 3.50. The highest BCUT2D eigenvalue weighted by Gasteiger charge is 2.22. The van der Waals surface area contributed by atoms with Crippen LogP contribution in [0.25, 0.3) is 0 Å². The van der Waals surface area contributed by atoms with E-state index in [0.29, 0.717) is 12.2 Å². The van der Waals surface area contributed by atoms with Gasteiger partial charge in [0.2, 0.25) is 0 Å². The molecule has 0 amide bonds. The van der Waals surface area contributed by atoms with Gasteiger partial charge in [-0.3, -0.25) is 4.79 Å². The maximum Gasteiger partial charge on any atom is 0.166 e. The number of benzene rings is 1. The van der Waals surface area contributed by atoms with E-state index < -0.39 is 0 Å². The Morgan fingerprint density at radius 1 is 1.37 bits per heavy atom. The first kappa shape index (κ1) is 14.4. The SMILES string of the molecule is COc1ccc(Br)c(CC(C)=O)c1OC1CCCC1. The fourth-order valence-electron chi connectivity index (χ4n) is 2.46. The van der Waals surface area contributed by atoms with Crippen LogP contribution < -0.4 is 9.47 Å². The van der Waals surface area contributed by atoms with E-state index in [2.05, 4.69) is 15.9 Å². The zero-order chi connectivity index (χ0) is 13.8. The molecule has 1 aliphatic rings. The Morgan fingerprint density at radius 2 is 2.05 bits per heavy atom. The molecule has 0 atom stereocenters. The molecule has 1 aliphatic carbocycles. The highest BCUT2D eigenvalue weighted by atomic mass is 79.9. The summed E-state index contributed by atoms with van der Waals surface area (Å²) in [6, 6.07) is 3.77. The number of methoxy groups -OCH3 is 1. The maximum absolute atomic E-state index is 11.4. The number of carbonyl (C=O) groups excluding carboxylic acids is 1. The molecule has 1 aromatic carbocycles. The maximum atomic E-state index is 11.4.